The Morgan fingerprint density at radius 3 is 2.35 bits per heavy atom. The van der Waals surface area contributed by atoms with Crippen LogP contribution in [-0.4, -0.2) is 29.8 Å². The highest BCUT2D eigenvalue weighted by Gasteiger charge is 2.58. The molecule has 1 aromatic rings. The Hall–Kier alpha value is -1.36. The van der Waals surface area contributed by atoms with E-state index in [0.717, 1.165) is 41.7 Å². The quantitative estimate of drug-likeness (QED) is 0.811. The summed E-state index contributed by atoms with van der Waals surface area (Å²) in [5, 5.41) is 2.97. The van der Waals surface area contributed by atoms with Gasteiger partial charge in [-0.1, -0.05) is 28.8 Å². The minimum Gasteiger partial charge on any atom is -0.342 e. The van der Waals surface area contributed by atoms with Crippen LogP contribution in [0.1, 0.15) is 44.1 Å². The molecule has 0 atom stereocenters. The highest BCUT2D eigenvalue weighted by Crippen LogP contribution is 2.48. The van der Waals surface area contributed by atoms with Gasteiger partial charge in [0.15, 0.2) is 0 Å². The van der Waals surface area contributed by atoms with Gasteiger partial charge in [-0.2, -0.15) is 0 Å². The Morgan fingerprint density at radius 2 is 1.78 bits per heavy atom. The first kappa shape index (κ1) is 16.5. The maximum atomic E-state index is 12.9. The van der Waals surface area contributed by atoms with Crippen molar-refractivity contribution < 1.29 is 9.59 Å². The van der Waals surface area contributed by atoms with Crippen LogP contribution in [0.2, 0.25) is 0 Å². The second-order valence-corrected chi connectivity index (χ2v) is 7.62. The molecule has 4 nitrogen and oxygen atoms in total. The first-order valence-electron chi connectivity index (χ1n) is 8.40. The van der Waals surface area contributed by atoms with Crippen LogP contribution in [0.4, 0.5) is 5.69 Å². The summed E-state index contributed by atoms with van der Waals surface area (Å²) in [6.07, 6.45) is 5.81. The van der Waals surface area contributed by atoms with Gasteiger partial charge in [0.2, 0.25) is 11.8 Å². The maximum absolute atomic E-state index is 12.9. The fraction of sp³-hybridized carbons (Fsp3) is 0.556. The number of carbonyl (C=O) groups excluding carboxylic acids is 2. The van der Waals surface area contributed by atoms with Crippen LogP contribution in [0, 0.1) is 12.3 Å². The summed E-state index contributed by atoms with van der Waals surface area (Å²) in [6, 6.07) is 5.74. The normalized spacial score (nSPS) is 19.8. The summed E-state index contributed by atoms with van der Waals surface area (Å²) >= 11 is 3.42. The lowest BCUT2D eigenvalue weighted by Gasteiger charge is -2.25. The molecule has 23 heavy (non-hydrogen) atoms. The summed E-state index contributed by atoms with van der Waals surface area (Å²) in [6.45, 7) is 3.55. The van der Waals surface area contributed by atoms with E-state index in [2.05, 4.69) is 21.2 Å². The molecule has 1 heterocycles. The van der Waals surface area contributed by atoms with Crippen molar-refractivity contribution in [2.45, 2.75) is 45.4 Å². The zero-order chi connectivity index (χ0) is 16.4. The number of likely N-dealkylation sites (tertiary alicyclic amines) is 1. The second-order valence-electron chi connectivity index (χ2n) is 6.70. The summed E-state index contributed by atoms with van der Waals surface area (Å²) in [5.41, 5.74) is 0.961. The Labute approximate surface area is 145 Å². The maximum Gasteiger partial charge on any atom is 0.240 e. The number of aryl methyl sites for hydroxylation is 1. The van der Waals surface area contributed by atoms with Crippen molar-refractivity contribution >= 4 is 33.4 Å². The van der Waals surface area contributed by atoms with E-state index in [9.17, 15) is 9.59 Å². The van der Waals surface area contributed by atoms with Crippen molar-refractivity contribution in [2.24, 2.45) is 5.41 Å². The predicted molar refractivity (Wildman–Crippen MR) is 94.2 cm³/mol. The van der Waals surface area contributed by atoms with E-state index in [1.807, 2.05) is 30.0 Å². The molecule has 3 rings (SSSR count). The molecule has 5 heteroatoms. The van der Waals surface area contributed by atoms with Gasteiger partial charge >= 0.3 is 0 Å². The van der Waals surface area contributed by atoms with Crippen LogP contribution in [0.3, 0.4) is 0 Å². The van der Waals surface area contributed by atoms with Crippen molar-refractivity contribution in [2.75, 3.05) is 18.4 Å². The van der Waals surface area contributed by atoms with Crippen LogP contribution >= 0.6 is 15.9 Å². The van der Waals surface area contributed by atoms with Gasteiger partial charge in [0.25, 0.3) is 0 Å². The number of hydrogen-bond acceptors (Lipinski definition) is 2. The first-order valence-corrected chi connectivity index (χ1v) is 9.19. The van der Waals surface area contributed by atoms with Crippen molar-refractivity contribution in [1.29, 1.82) is 0 Å². The molecule has 0 unspecified atom stereocenters. The van der Waals surface area contributed by atoms with Gasteiger partial charge in [-0.15, -0.1) is 0 Å². The highest BCUT2D eigenvalue weighted by molar-refractivity contribution is 9.10. The molecule has 1 N–H and O–H groups in total. The van der Waals surface area contributed by atoms with E-state index >= 15 is 0 Å². The summed E-state index contributed by atoms with van der Waals surface area (Å²) in [5.74, 6) is -0.108. The molecule has 1 aliphatic carbocycles. The second kappa shape index (κ2) is 6.63. The van der Waals surface area contributed by atoms with E-state index in [1.54, 1.807) is 0 Å². The molecule has 1 saturated carbocycles. The monoisotopic (exact) mass is 378 g/mol. The van der Waals surface area contributed by atoms with Crippen LogP contribution in [0.15, 0.2) is 22.7 Å². The number of amides is 2. The third-order valence-electron chi connectivity index (χ3n) is 4.92. The standard InChI is InChI=1S/C18H23BrN2O2/c1-13-12-14(19)6-7-15(13)20-16(22)18(8-9-18)17(23)21-10-4-2-3-5-11-21/h6-7,12H,2-5,8-11H2,1H3,(H,20,22). The Bertz CT molecular complexity index is 617. The Kier molecular flexibility index (Phi) is 4.76. The number of carbonyl (C=O) groups is 2. The molecular weight excluding hydrogens is 356 g/mol. The number of benzene rings is 1. The van der Waals surface area contributed by atoms with Crippen LogP contribution in [0.5, 0.6) is 0 Å². The van der Waals surface area contributed by atoms with Crippen LogP contribution in [-0.2, 0) is 9.59 Å². The van der Waals surface area contributed by atoms with Crippen LogP contribution in [0.25, 0.3) is 0 Å². The van der Waals surface area contributed by atoms with Gasteiger partial charge in [0.05, 0.1) is 0 Å². The molecule has 1 aromatic carbocycles. The molecule has 1 saturated heterocycles. The van der Waals surface area contributed by atoms with E-state index in [0.29, 0.717) is 12.8 Å². The zero-order valence-electron chi connectivity index (χ0n) is 13.5. The fourth-order valence-electron chi connectivity index (χ4n) is 3.25. The van der Waals surface area contributed by atoms with E-state index in [4.69, 9.17) is 0 Å². The van der Waals surface area contributed by atoms with Gasteiger partial charge in [-0.25, -0.2) is 0 Å². The molecule has 0 spiro atoms. The molecule has 1 aliphatic heterocycles. The molecule has 0 radical (unpaired) electrons. The van der Waals surface area contributed by atoms with E-state index in [1.165, 1.54) is 12.8 Å². The summed E-state index contributed by atoms with van der Waals surface area (Å²) in [4.78, 5) is 27.5. The van der Waals surface area contributed by atoms with Crippen LogP contribution < -0.4 is 5.32 Å². The van der Waals surface area contributed by atoms with Gasteiger partial charge in [0.1, 0.15) is 5.41 Å². The van der Waals surface area contributed by atoms with Crippen molar-refractivity contribution in [3.05, 3.63) is 28.2 Å². The number of anilines is 1. The first-order chi connectivity index (χ1) is 11.0. The fourth-order valence-corrected chi connectivity index (χ4v) is 3.72. The average Bonchev–Trinajstić information content (AvgIpc) is 3.34. The molecule has 2 fully saturated rings. The predicted octanol–water partition coefficient (Wildman–Crippen LogP) is 3.88. The SMILES string of the molecule is Cc1cc(Br)ccc1NC(=O)C1(C(=O)N2CCCCCC2)CC1. The highest BCUT2D eigenvalue weighted by atomic mass is 79.9. The largest absolute Gasteiger partial charge is 0.342 e. The summed E-state index contributed by atoms with van der Waals surface area (Å²) in [7, 11) is 0. The topological polar surface area (TPSA) is 49.4 Å². The number of hydrogen-bond donors (Lipinski definition) is 1. The third kappa shape index (κ3) is 3.44. The number of halogens is 1. The van der Waals surface area contributed by atoms with Gasteiger partial charge < -0.3 is 10.2 Å². The zero-order valence-corrected chi connectivity index (χ0v) is 15.1. The number of nitrogens with zero attached hydrogens (tertiary/aromatic N) is 1. The lowest BCUT2D eigenvalue weighted by atomic mass is 10.0. The minimum absolute atomic E-state index is 0.0339. The van der Waals surface area contributed by atoms with Gasteiger partial charge in [-0.05, 0) is 56.4 Å². The smallest absolute Gasteiger partial charge is 0.240 e. The van der Waals surface area contributed by atoms with Gasteiger partial charge in [0, 0.05) is 23.2 Å². The van der Waals surface area contributed by atoms with E-state index < -0.39 is 5.41 Å². The lowest BCUT2D eigenvalue weighted by Crippen LogP contribution is -2.43. The summed E-state index contributed by atoms with van der Waals surface area (Å²) < 4.78 is 0.981. The molecule has 0 aromatic heterocycles. The molecule has 2 aliphatic rings. The lowest BCUT2D eigenvalue weighted by molar-refractivity contribution is -0.142. The molecule has 124 valence electrons. The van der Waals surface area contributed by atoms with Crippen molar-refractivity contribution in [3.8, 4) is 0 Å². The van der Waals surface area contributed by atoms with Crippen molar-refractivity contribution in [3.63, 3.8) is 0 Å². The number of rotatable bonds is 3. The third-order valence-corrected chi connectivity index (χ3v) is 5.42. The molecule has 0 bridgehead atoms. The molecule has 2 amide bonds. The number of nitrogens with one attached hydrogen (secondary N) is 1. The van der Waals surface area contributed by atoms with Gasteiger partial charge in [-0.3, -0.25) is 9.59 Å². The Morgan fingerprint density at radius 1 is 1.13 bits per heavy atom. The van der Waals surface area contributed by atoms with E-state index in [-0.39, 0.29) is 11.8 Å². The molecular formula is C18H23BrN2O2. The average molecular weight is 379 g/mol. The van der Waals surface area contributed by atoms with Crippen molar-refractivity contribution in [1.82, 2.24) is 4.90 Å². The minimum atomic E-state index is -0.816. The Balaban J connectivity index is 1.71.